The Balaban J connectivity index is 1.95. The predicted molar refractivity (Wildman–Crippen MR) is 69.6 cm³/mol. The summed E-state index contributed by atoms with van der Waals surface area (Å²) in [5.74, 6) is 1.91. The average molecular weight is 248 g/mol. The molecule has 2 rings (SSSR count). The molecule has 1 aromatic rings. The van der Waals surface area contributed by atoms with Gasteiger partial charge in [-0.05, 0) is 31.1 Å². The number of hydrogen-bond acceptors (Lipinski definition) is 4. The molecule has 0 spiro atoms. The van der Waals surface area contributed by atoms with Crippen LogP contribution in [0.15, 0.2) is 12.4 Å². The lowest BCUT2D eigenvalue weighted by molar-refractivity contribution is 0.0960. The lowest BCUT2D eigenvalue weighted by Gasteiger charge is -2.31. The molecule has 98 valence electrons. The Kier molecular flexibility index (Phi) is 3.79. The molecule has 0 aliphatic heterocycles. The first kappa shape index (κ1) is 12.8. The Morgan fingerprint density at radius 3 is 2.61 bits per heavy atom. The molecule has 1 aliphatic rings. The van der Waals surface area contributed by atoms with Gasteiger partial charge >= 0.3 is 0 Å². The van der Waals surface area contributed by atoms with E-state index in [-0.39, 0.29) is 11.9 Å². The van der Waals surface area contributed by atoms with Gasteiger partial charge < -0.3 is 10.5 Å². The lowest BCUT2D eigenvalue weighted by atomic mass is 9.80. The quantitative estimate of drug-likeness (QED) is 0.632. The van der Waals surface area contributed by atoms with E-state index < -0.39 is 0 Å². The molecule has 5 nitrogen and oxygen atoms in total. The standard InChI is InChI=1S/C13H20N4O/c1-8-3-4-10(5-9(8)2)18-12-7-16-11(6-17-12)13(14)15/h6-10H,3-5H2,1-2H3,(H3,14,15). The van der Waals surface area contributed by atoms with Gasteiger partial charge in [-0.15, -0.1) is 0 Å². The van der Waals surface area contributed by atoms with Crippen molar-refractivity contribution in [2.75, 3.05) is 0 Å². The number of nitrogens with one attached hydrogen (secondary N) is 1. The molecular formula is C13H20N4O. The van der Waals surface area contributed by atoms with Crippen LogP contribution in [0.2, 0.25) is 0 Å². The second-order valence-corrected chi connectivity index (χ2v) is 5.16. The highest BCUT2D eigenvalue weighted by molar-refractivity contribution is 5.92. The molecule has 18 heavy (non-hydrogen) atoms. The lowest BCUT2D eigenvalue weighted by Crippen LogP contribution is -2.29. The van der Waals surface area contributed by atoms with Crippen LogP contribution in [-0.2, 0) is 0 Å². The molecule has 5 heteroatoms. The van der Waals surface area contributed by atoms with Gasteiger partial charge in [0.05, 0.1) is 12.4 Å². The van der Waals surface area contributed by atoms with Crippen molar-refractivity contribution in [3.8, 4) is 5.88 Å². The summed E-state index contributed by atoms with van der Waals surface area (Å²) in [7, 11) is 0. The third kappa shape index (κ3) is 2.97. The number of nitrogens with zero attached hydrogens (tertiary/aromatic N) is 2. The number of amidine groups is 1. The van der Waals surface area contributed by atoms with Crippen LogP contribution >= 0.6 is 0 Å². The monoisotopic (exact) mass is 248 g/mol. The highest BCUT2D eigenvalue weighted by atomic mass is 16.5. The maximum Gasteiger partial charge on any atom is 0.232 e. The smallest absolute Gasteiger partial charge is 0.232 e. The van der Waals surface area contributed by atoms with Gasteiger partial charge in [-0.2, -0.15) is 0 Å². The molecule has 3 atom stereocenters. The second kappa shape index (κ2) is 5.33. The summed E-state index contributed by atoms with van der Waals surface area (Å²) in [6.45, 7) is 4.56. The summed E-state index contributed by atoms with van der Waals surface area (Å²) in [5, 5.41) is 7.24. The molecular weight excluding hydrogens is 228 g/mol. The van der Waals surface area contributed by atoms with E-state index in [2.05, 4.69) is 23.8 Å². The van der Waals surface area contributed by atoms with Crippen LogP contribution in [-0.4, -0.2) is 21.9 Å². The fourth-order valence-corrected chi connectivity index (χ4v) is 2.29. The van der Waals surface area contributed by atoms with Crippen molar-refractivity contribution in [2.45, 2.75) is 39.2 Å². The van der Waals surface area contributed by atoms with Crippen LogP contribution in [0, 0.1) is 17.2 Å². The normalized spacial score (nSPS) is 27.8. The minimum Gasteiger partial charge on any atom is -0.473 e. The van der Waals surface area contributed by atoms with E-state index in [0.717, 1.165) is 18.8 Å². The van der Waals surface area contributed by atoms with Crippen molar-refractivity contribution < 1.29 is 4.74 Å². The van der Waals surface area contributed by atoms with E-state index in [4.69, 9.17) is 15.9 Å². The Bertz CT molecular complexity index is 418. The van der Waals surface area contributed by atoms with Crippen LogP contribution in [0.25, 0.3) is 0 Å². The number of aromatic nitrogens is 2. The number of rotatable bonds is 3. The first-order valence-electron chi connectivity index (χ1n) is 6.39. The molecule has 0 aromatic carbocycles. The van der Waals surface area contributed by atoms with Crippen LogP contribution < -0.4 is 10.5 Å². The molecule has 0 radical (unpaired) electrons. The summed E-state index contributed by atoms with van der Waals surface area (Å²) in [6, 6.07) is 0. The van der Waals surface area contributed by atoms with Crippen LogP contribution in [0.4, 0.5) is 0 Å². The molecule has 0 saturated heterocycles. The fraction of sp³-hybridized carbons (Fsp3) is 0.615. The van der Waals surface area contributed by atoms with E-state index in [0.29, 0.717) is 17.5 Å². The summed E-state index contributed by atoms with van der Waals surface area (Å²) in [6.07, 6.45) is 6.59. The van der Waals surface area contributed by atoms with Gasteiger partial charge in [0, 0.05) is 0 Å². The molecule has 0 amide bonds. The summed E-state index contributed by atoms with van der Waals surface area (Å²) < 4.78 is 5.82. The van der Waals surface area contributed by atoms with Crippen molar-refractivity contribution >= 4 is 5.84 Å². The molecule has 3 unspecified atom stereocenters. The van der Waals surface area contributed by atoms with Gasteiger partial charge in [-0.3, -0.25) is 5.41 Å². The van der Waals surface area contributed by atoms with E-state index in [1.807, 2.05) is 0 Å². The average Bonchev–Trinajstić information content (AvgIpc) is 2.34. The zero-order chi connectivity index (χ0) is 13.1. The van der Waals surface area contributed by atoms with Gasteiger partial charge in [0.1, 0.15) is 17.6 Å². The van der Waals surface area contributed by atoms with E-state index in [1.165, 1.54) is 12.6 Å². The number of nitrogens with two attached hydrogens (primary N) is 1. The Hall–Kier alpha value is -1.65. The van der Waals surface area contributed by atoms with Crippen molar-refractivity contribution in [1.29, 1.82) is 5.41 Å². The first-order chi connectivity index (χ1) is 8.56. The summed E-state index contributed by atoms with van der Waals surface area (Å²) in [4.78, 5) is 8.17. The van der Waals surface area contributed by atoms with Gasteiger partial charge in [-0.25, -0.2) is 9.97 Å². The number of ether oxygens (including phenoxy) is 1. The largest absolute Gasteiger partial charge is 0.473 e. The highest BCUT2D eigenvalue weighted by Gasteiger charge is 2.26. The molecule has 3 N–H and O–H groups in total. The fourth-order valence-electron chi connectivity index (χ4n) is 2.29. The van der Waals surface area contributed by atoms with E-state index >= 15 is 0 Å². The predicted octanol–water partition coefficient (Wildman–Crippen LogP) is 1.96. The van der Waals surface area contributed by atoms with Crippen LogP contribution in [0.3, 0.4) is 0 Å². The van der Waals surface area contributed by atoms with Crippen LogP contribution in [0.5, 0.6) is 5.88 Å². The Morgan fingerprint density at radius 1 is 1.28 bits per heavy atom. The molecule has 1 fully saturated rings. The number of hydrogen-bond donors (Lipinski definition) is 2. The zero-order valence-corrected chi connectivity index (χ0v) is 10.9. The molecule has 1 aliphatic carbocycles. The van der Waals surface area contributed by atoms with Gasteiger partial charge in [0.25, 0.3) is 0 Å². The topological polar surface area (TPSA) is 84.9 Å². The maximum atomic E-state index is 7.24. The zero-order valence-electron chi connectivity index (χ0n) is 10.9. The summed E-state index contributed by atoms with van der Waals surface area (Å²) in [5.41, 5.74) is 5.70. The molecule has 1 aromatic heterocycles. The minimum absolute atomic E-state index is 0.0748. The Morgan fingerprint density at radius 2 is 2.06 bits per heavy atom. The van der Waals surface area contributed by atoms with Crippen LogP contribution in [0.1, 0.15) is 38.8 Å². The van der Waals surface area contributed by atoms with Crippen molar-refractivity contribution in [2.24, 2.45) is 17.6 Å². The Labute approximate surface area is 107 Å². The van der Waals surface area contributed by atoms with Crippen molar-refractivity contribution in [3.05, 3.63) is 18.1 Å². The van der Waals surface area contributed by atoms with Gasteiger partial charge in [0.2, 0.25) is 5.88 Å². The van der Waals surface area contributed by atoms with Gasteiger partial charge in [0.15, 0.2) is 0 Å². The van der Waals surface area contributed by atoms with E-state index in [1.54, 1.807) is 6.20 Å². The minimum atomic E-state index is -0.0748. The molecule has 1 saturated carbocycles. The highest BCUT2D eigenvalue weighted by Crippen LogP contribution is 2.31. The SMILES string of the molecule is CC1CCC(Oc2cnc(C(=N)N)cn2)CC1C. The maximum absolute atomic E-state index is 7.24. The third-order valence-electron chi connectivity index (χ3n) is 3.74. The molecule has 0 bridgehead atoms. The van der Waals surface area contributed by atoms with Gasteiger partial charge in [-0.1, -0.05) is 13.8 Å². The second-order valence-electron chi connectivity index (χ2n) is 5.16. The summed E-state index contributed by atoms with van der Waals surface area (Å²) >= 11 is 0. The number of nitrogen functional groups attached to an aromatic ring is 1. The van der Waals surface area contributed by atoms with E-state index in [9.17, 15) is 0 Å². The van der Waals surface area contributed by atoms with Crippen molar-refractivity contribution in [1.82, 2.24) is 9.97 Å². The van der Waals surface area contributed by atoms with Crippen molar-refractivity contribution in [3.63, 3.8) is 0 Å². The third-order valence-corrected chi connectivity index (χ3v) is 3.74. The first-order valence-corrected chi connectivity index (χ1v) is 6.39. The molecule has 1 heterocycles.